The van der Waals surface area contributed by atoms with Crippen LogP contribution in [0.3, 0.4) is 0 Å². The van der Waals surface area contributed by atoms with Gasteiger partial charge in [-0.25, -0.2) is 18.0 Å². The average Bonchev–Trinajstić information content (AvgIpc) is 2.84. The molecule has 2 aromatic carbocycles. The second-order valence-corrected chi connectivity index (χ2v) is 5.32. The maximum absolute atomic E-state index is 13.6. The monoisotopic (exact) mass is 335 g/mol. The Hall–Kier alpha value is -3.03. The Morgan fingerprint density at radius 1 is 1.04 bits per heavy atom. The maximum Gasteiger partial charge on any atom is 0.323 e. The van der Waals surface area contributed by atoms with Crippen LogP contribution in [-0.4, -0.2) is 15.9 Å². The van der Waals surface area contributed by atoms with E-state index in [1.54, 1.807) is 25.1 Å². The van der Waals surface area contributed by atoms with Crippen molar-refractivity contribution in [1.82, 2.24) is 15.3 Å². The van der Waals surface area contributed by atoms with Gasteiger partial charge < -0.3 is 15.3 Å². The molecule has 1 atom stereocenters. The topological polar surface area (TPSA) is 77.8 Å². The molecule has 3 rings (SSSR count). The van der Waals surface area contributed by atoms with E-state index < -0.39 is 35.0 Å². The molecule has 3 aromatic rings. The first-order chi connectivity index (χ1) is 11.3. The number of carbonyl (C=O) groups is 1. The van der Waals surface area contributed by atoms with E-state index in [-0.39, 0.29) is 5.69 Å². The molecule has 1 amide bonds. The van der Waals surface area contributed by atoms with Gasteiger partial charge in [0, 0.05) is 12.1 Å². The number of nitrogens with one attached hydrogen (secondary N) is 3. The maximum atomic E-state index is 13.6. The highest BCUT2D eigenvalue weighted by Gasteiger charge is 2.21. The summed E-state index contributed by atoms with van der Waals surface area (Å²) >= 11 is 0. The molecule has 0 saturated heterocycles. The molecular weight excluding hydrogens is 323 g/mol. The number of rotatable bonds is 3. The molecule has 0 fully saturated rings. The van der Waals surface area contributed by atoms with E-state index in [1.165, 1.54) is 0 Å². The standard InChI is InChI=1S/C16H12F3N3O2/c1-7(8-2-3-12-13(4-8)22-16(24)21-12)20-15(23)14-10(18)5-9(17)6-11(14)19/h2-7H,1H3,(H,20,23)(H2,21,22,24)/t7-/m1/s1. The highest BCUT2D eigenvalue weighted by Crippen LogP contribution is 2.19. The lowest BCUT2D eigenvalue weighted by Gasteiger charge is -2.15. The van der Waals surface area contributed by atoms with E-state index in [4.69, 9.17) is 0 Å². The minimum atomic E-state index is -1.28. The van der Waals surface area contributed by atoms with Crippen LogP contribution in [0, 0.1) is 17.5 Å². The zero-order valence-electron chi connectivity index (χ0n) is 12.4. The minimum Gasteiger partial charge on any atom is -0.345 e. The Labute approximate surface area is 133 Å². The predicted molar refractivity (Wildman–Crippen MR) is 81.1 cm³/mol. The molecule has 3 N–H and O–H groups in total. The summed E-state index contributed by atoms with van der Waals surface area (Å²) in [5.74, 6) is -4.65. The van der Waals surface area contributed by atoms with Crippen molar-refractivity contribution in [3.05, 3.63) is 69.4 Å². The van der Waals surface area contributed by atoms with Gasteiger partial charge in [-0.3, -0.25) is 4.79 Å². The van der Waals surface area contributed by atoms with Gasteiger partial charge in [0.15, 0.2) is 0 Å². The molecule has 0 aliphatic rings. The van der Waals surface area contributed by atoms with Crippen LogP contribution < -0.4 is 11.0 Å². The second-order valence-electron chi connectivity index (χ2n) is 5.32. The summed E-state index contributed by atoms with van der Waals surface area (Å²) in [6, 6.07) is 5.23. The van der Waals surface area contributed by atoms with E-state index in [1.807, 2.05) is 0 Å². The van der Waals surface area contributed by atoms with Gasteiger partial charge in [-0.1, -0.05) is 6.07 Å². The highest BCUT2D eigenvalue weighted by atomic mass is 19.1. The summed E-state index contributed by atoms with van der Waals surface area (Å²) in [5, 5.41) is 2.44. The van der Waals surface area contributed by atoms with Gasteiger partial charge in [-0.2, -0.15) is 0 Å². The number of aromatic nitrogens is 2. The Morgan fingerprint density at radius 3 is 2.33 bits per heavy atom. The van der Waals surface area contributed by atoms with Crippen LogP contribution in [0.25, 0.3) is 11.0 Å². The third-order valence-corrected chi connectivity index (χ3v) is 3.62. The number of carbonyl (C=O) groups excluding carboxylic acids is 1. The molecule has 124 valence electrons. The number of halogens is 3. The summed E-state index contributed by atoms with van der Waals surface area (Å²) in [4.78, 5) is 28.5. The zero-order chi connectivity index (χ0) is 17.4. The fourth-order valence-electron chi connectivity index (χ4n) is 2.43. The Morgan fingerprint density at radius 2 is 1.67 bits per heavy atom. The van der Waals surface area contributed by atoms with Crippen molar-refractivity contribution >= 4 is 16.9 Å². The van der Waals surface area contributed by atoms with Gasteiger partial charge in [0.25, 0.3) is 5.91 Å². The molecular formula is C16H12F3N3O2. The smallest absolute Gasteiger partial charge is 0.323 e. The van der Waals surface area contributed by atoms with E-state index in [2.05, 4.69) is 15.3 Å². The van der Waals surface area contributed by atoms with Gasteiger partial charge in [-0.05, 0) is 24.6 Å². The summed E-state index contributed by atoms with van der Waals surface area (Å²) < 4.78 is 40.2. The van der Waals surface area contributed by atoms with Crippen molar-refractivity contribution in [2.75, 3.05) is 0 Å². The SMILES string of the molecule is C[C@@H](NC(=O)c1c(F)cc(F)cc1F)c1ccc2[nH]c(=O)[nH]c2c1. The zero-order valence-corrected chi connectivity index (χ0v) is 12.4. The molecule has 1 aromatic heterocycles. The number of amides is 1. The van der Waals surface area contributed by atoms with Crippen LogP contribution >= 0.6 is 0 Å². The largest absolute Gasteiger partial charge is 0.345 e. The molecule has 0 spiro atoms. The summed E-state index contributed by atoms with van der Waals surface area (Å²) in [5.41, 5.74) is 0.540. The number of aromatic amines is 2. The third-order valence-electron chi connectivity index (χ3n) is 3.62. The van der Waals surface area contributed by atoms with Crippen LogP contribution in [0.15, 0.2) is 35.1 Å². The van der Waals surface area contributed by atoms with Crippen molar-refractivity contribution in [3.63, 3.8) is 0 Å². The normalized spacial score (nSPS) is 12.3. The second kappa shape index (κ2) is 5.88. The molecule has 0 radical (unpaired) electrons. The number of hydrogen-bond acceptors (Lipinski definition) is 2. The van der Waals surface area contributed by atoms with Crippen molar-refractivity contribution in [1.29, 1.82) is 0 Å². The third kappa shape index (κ3) is 2.90. The Kier molecular flexibility index (Phi) is 3.88. The summed E-state index contributed by atoms with van der Waals surface area (Å²) in [6.07, 6.45) is 0. The molecule has 1 heterocycles. The first kappa shape index (κ1) is 15.9. The molecule has 5 nitrogen and oxygen atoms in total. The lowest BCUT2D eigenvalue weighted by molar-refractivity contribution is 0.0931. The fourth-order valence-corrected chi connectivity index (χ4v) is 2.43. The van der Waals surface area contributed by atoms with Gasteiger partial charge >= 0.3 is 5.69 Å². The van der Waals surface area contributed by atoms with Gasteiger partial charge in [0.05, 0.1) is 17.1 Å². The average molecular weight is 335 g/mol. The summed E-state index contributed by atoms with van der Waals surface area (Å²) in [7, 11) is 0. The van der Waals surface area contributed by atoms with Crippen molar-refractivity contribution in [3.8, 4) is 0 Å². The molecule has 24 heavy (non-hydrogen) atoms. The fraction of sp³-hybridized carbons (Fsp3) is 0.125. The number of imidazole rings is 1. The Balaban J connectivity index is 1.86. The number of hydrogen-bond donors (Lipinski definition) is 3. The summed E-state index contributed by atoms with van der Waals surface area (Å²) in [6.45, 7) is 1.61. The molecule has 0 bridgehead atoms. The van der Waals surface area contributed by atoms with E-state index in [0.29, 0.717) is 28.7 Å². The highest BCUT2D eigenvalue weighted by molar-refractivity contribution is 5.95. The number of fused-ring (bicyclic) bond motifs is 1. The van der Waals surface area contributed by atoms with Gasteiger partial charge in [-0.15, -0.1) is 0 Å². The molecule has 8 heteroatoms. The Bertz CT molecular complexity index is 971. The predicted octanol–water partition coefficient (Wildman–Crippen LogP) is 2.76. The number of benzene rings is 2. The van der Waals surface area contributed by atoms with Gasteiger partial charge in [0.2, 0.25) is 0 Å². The van der Waals surface area contributed by atoms with Crippen LogP contribution in [0.1, 0.15) is 28.9 Å². The quantitative estimate of drug-likeness (QED) is 0.688. The van der Waals surface area contributed by atoms with Crippen LogP contribution in [0.4, 0.5) is 13.2 Å². The lowest BCUT2D eigenvalue weighted by atomic mass is 10.1. The van der Waals surface area contributed by atoms with Crippen LogP contribution in [-0.2, 0) is 0 Å². The minimum absolute atomic E-state index is 0.366. The van der Waals surface area contributed by atoms with E-state index in [9.17, 15) is 22.8 Å². The van der Waals surface area contributed by atoms with E-state index in [0.717, 1.165) is 0 Å². The first-order valence-electron chi connectivity index (χ1n) is 7.02. The lowest BCUT2D eigenvalue weighted by Crippen LogP contribution is -2.28. The molecule has 0 saturated carbocycles. The van der Waals surface area contributed by atoms with Gasteiger partial charge in [0.1, 0.15) is 23.0 Å². The van der Waals surface area contributed by atoms with Crippen LogP contribution in [0.2, 0.25) is 0 Å². The molecule has 0 aliphatic carbocycles. The van der Waals surface area contributed by atoms with Crippen molar-refractivity contribution in [2.24, 2.45) is 0 Å². The van der Waals surface area contributed by atoms with Crippen LogP contribution in [0.5, 0.6) is 0 Å². The molecule has 0 unspecified atom stereocenters. The first-order valence-corrected chi connectivity index (χ1v) is 7.02. The molecule has 0 aliphatic heterocycles. The van der Waals surface area contributed by atoms with Crippen molar-refractivity contribution < 1.29 is 18.0 Å². The number of H-pyrrole nitrogens is 2. The van der Waals surface area contributed by atoms with E-state index >= 15 is 0 Å². The van der Waals surface area contributed by atoms with Crippen molar-refractivity contribution in [2.45, 2.75) is 13.0 Å².